The van der Waals surface area contributed by atoms with Crippen LogP contribution in [0.4, 0.5) is 0 Å². The van der Waals surface area contributed by atoms with Crippen molar-refractivity contribution in [1.29, 1.82) is 5.41 Å². The first-order valence-corrected chi connectivity index (χ1v) is 7.99. The lowest BCUT2D eigenvalue weighted by atomic mass is 9.92. The second-order valence-electron chi connectivity index (χ2n) is 5.77. The number of ether oxygens (including phenoxy) is 3. The number of oxime groups is 2. The average molecular weight is 378 g/mol. The molecule has 152 valence electrons. The number of amidine groups is 3. The Hall–Kier alpha value is -2.15. The number of hydrogen-bond donors (Lipinski definition) is 7. The molecule has 0 aliphatic carbocycles. The molecule has 0 heterocycles. The summed E-state index contributed by atoms with van der Waals surface area (Å²) >= 11 is 0. The Balaban J connectivity index is 4.55. The molecule has 0 saturated heterocycles. The molecule has 0 aliphatic heterocycles. The van der Waals surface area contributed by atoms with Crippen molar-refractivity contribution < 1.29 is 29.7 Å². The van der Waals surface area contributed by atoms with Gasteiger partial charge in [-0.15, -0.1) is 0 Å². The Morgan fingerprint density at radius 1 is 0.808 bits per heavy atom. The molecule has 0 fully saturated rings. The highest BCUT2D eigenvalue weighted by atomic mass is 16.5. The van der Waals surface area contributed by atoms with Gasteiger partial charge in [0.05, 0.1) is 57.5 Å². The molecule has 10 N–H and O–H groups in total. The van der Waals surface area contributed by atoms with Crippen LogP contribution in [0.3, 0.4) is 0 Å². The molecule has 0 aromatic rings. The van der Waals surface area contributed by atoms with E-state index >= 15 is 0 Å². The molecular formula is C14H30N6O6. The summed E-state index contributed by atoms with van der Waals surface area (Å²) in [5.74, 6) is 0.0734. The lowest BCUT2D eigenvalue weighted by molar-refractivity contribution is -0.0905. The van der Waals surface area contributed by atoms with E-state index in [1.165, 1.54) is 0 Å². The number of rotatable bonds is 16. The first-order chi connectivity index (χ1) is 12.4. The minimum atomic E-state index is -0.854. The lowest BCUT2D eigenvalue weighted by Crippen LogP contribution is -2.41. The quantitative estimate of drug-likeness (QED) is 0.0552. The van der Waals surface area contributed by atoms with Gasteiger partial charge in [0.2, 0.25) is 0 Å². The van der Waals surface area contributed by atoms with Crippen LogP contribution in [-0.2, 0) is 14.2 Å². The maximum Gasteiger partial charge on any atom is 0.141 e. The highest BCUT2D eigenvalue weighted by molar-refractivity contribution is 5.80. The highest BCUT2D eigenvalue weighted by Gasteiger charge is 2.31. The van der Waals surface area contributed by atoms with Gasteiger partial charge in [-0.2, -0.15) is 0 Å². The van der Waals surface area contributed by atoms with Gasteiger partial charge in [0.1, 0.15) is 11.7 Å². The van der Waals surface area contributed by atoms with Crippen LogP contribution >= 0.6 is 0 Å². The van der Waals surface area contributed by atoms with E-state index in [1.807, 2.05) is 0 Å². The van der Waals surface area contributed by atoms with E-state index in [1.54, 1.807) is 0 Å². The zero-order valence-corrected chi connectivity index (χ0v) is 14.8. The largest absolute Gasteiger partial charge is 0.409 e. The van der Waals surface area contributed by atoms with E-state index in [0.717, 1.165) is 0 Å². The second-order valence-corrected chi connectivity index (χ2v) is 5.77. The van der Waals surface area contributed by atoms with E-state index in [9.17, 15) is 5.11 Å². The normalized spacial score (nSPS) is 15.0. The first kappa shape index (κ1) is 23.9. The summed E-state index contributed by atoms with van der Waals surface area (Å²) in [6.45, 7) is 0.650. The van der Waals surface area contributed by atoms with Crippen LogP contribution in [-0.4, -0.2) is 79.3 Å². The molecule has 0 rings (SSSR count). The fourth-order valence-corrected chi connectivity index (χ4v) is 1.76. The number of aliphatic hydroxyl groups excluding tert-OH is 1. The van der Waals surface area contributed by atoms with Crippen molar-refractivity contribution in [2.45, 2.75) is 19.3 Å². The van der Waals surface area contributed by atoms with E-state index in [4.69, 9.17) is 47.2 Å². The van der Waals surface area contributed by atoms with Gasteiger partial charge in [0, 0.05) is 19.3 Å². The third-order valence-corrected chi connectivity index (χ3v) is 3.34. The Kier molecular flexibility index (Phi) is 12.9. The molecule has 12 heteroatoms. The van der Waals surface area contributed by atoms with Crippen molar-refractivity contribution in [3.8, 4) is 0 Å². The first-order valence-electron chi connectivity index (χ1n) is 7.99. The monoisotopic (exact) mass is 378 g/mol. The fourth-order valence-electron chi connectivity index (χ4n) is 1.76. The molecule has 0 bridgehead atoms. The van der Waals surface area contributed by atoms with Crippen LogP contribution in [0.15, 0.2) is 10.3 Å². The molecule has 26 heavy (non-hydrogen) atoms. The standard InChI is InChI=1S/C14H30N6O6/c15-11(16)1-4-24-8-14(7-21,9-25-5-2-12(17)19-22)10-26-6-3-13(18)20-23/h21-23H,1-10H2,(H3,15,16)(H2,17,19)(H2,18,20). The number of nitrogens with two attached hydrogens (primary N) is 3. The topological polar surface area (TPSA) is 215 Å². The second kappa shape index (κ2) is 14.1. The molecule has 0 aliphatic rings. The summed E-state index contributed by atoms with van der Waals surface area (Å²) in [6, 6.07) is 0. The predicted octanol–water partition coefficient (Wildman–Crippen LogP) is -1.39. The van der Waals surface area contributed by atoms with E-state index < -0.39 is 5.41 Å². The maximum atomic E-state index is 9.81. The highest BCUT2D eigenvalue weighted by Crippen LogP contribution is 2.19. The zero-order chi connectivity index (χ0) is 19.8. The van der Waals surface area contributed by atoms with Gasteiger partial charge < -0.3 is 46.9 Å². The molecule has 0 aromatic carbocycles. The van der Waals surface area contributed by atoms with E-state index in [0.29, 0.717) is 0 Å². The number of nitrogens with one attached hydrogen (secondary N) is 1. The summed E-state index contributed by atoms with van der Waals surface area (Å²) < 4.78 is 16.5. The van der Waals surface area contributed by atoms with Crippen LogP contribution in [0.25, 0.3) is 0 Å². The van der Waals surface area contributed by atoms with Crippen molar-refractivity contribution in [3.05, 3.63) is 0 Å². The zero-order valence-electron chi connectivity index (χ0n) is 14.8. The van der Waals surface area contributed by atoms with Crippen LogP contribution in [0.5, 0.6) is 0 Å². The van der Waals surface area contributed by atoms with Gasteiger partial charge >= 0.3 is 0 Å². The summed E-state index contributed by atoms with van der Waals surface area (Å²) in [7, 11) is 0. The molecule has 12 nitrogen and oxygen atoms in total. The predicted molar refractivity (Wildman–Crippen MR) is 94.6 cm³/mol. The van der Waals surface area contributed by atoms with Crippen molar-refractivity contribution in [1.82, 2.24) is 0 Å². The van der Waals surface area contributed by atoms with E-state index in [-0.39, 0.29) is 83.0 Å². The number of aliphatic hydroxyl groups is 1. The summed E-state index contributed by atoms with van der Waals surface area (Å²) in [4.78, 5) is 0. The molecule has 1 atom stereocenters. The Labute approximate surface area is 152 Å². The number of nitrogens with zero attached hydrogens (tertiary/aromatic N) is 2. The van der Waals surface area contributed by atoms with Crippen LogP contribution in [0, 0.1) is 10.8 Å². The fraction of sp³-hybridized carbons (Fsp3) is 0.786. The summed E-state index contributed by atoms with van der Waals surface area (Å²) in [6.07, 6.45) is 0.733. The maximum absolute atomic E-state index is 9.81. The molecule has 0 radical (unpaired) electrons. The van der Waals surface area contributed by atoms with Crippen molar-refractivity contribution in [2.75, 3.05) is 46.2 Å². The number of hydrogen-bond acceptors (Lipinski definition) is 9. The van der Waals surface area contributed by atoms with Crippen LogP contribution in [0.1, 0.15) is 19.3 Å². The van der Waals surface area contributed by atoms with Crippen molar-refractivity contribution >= 4 is 17.5 Å². The Morgan fingerprint density at radius 2 is 1.19 bits per heavy atom. The summed E-state index contributed by atoms with van der Waals surface area (Å²) in [5, 5.41) is 39.7. The average Bonchev–Trinajstić information content (AvgIpc) is 2.64. The van der Waals surface area contributed by atoms with Crippen molar-refractivity contribution in [2.24, 2.45) is 32.9 Å². The summed E-state index contributed by atoms with van der Waals surface area (Å²) in [5.41, 5.74) is 15.2. The van der Waals surface area contributed by atoms with Gasteiger partial charge in [-0.25, -0.2) is 0 Å². The third-order valence-electron chi connectivity index (χ3n) is 3.34. The Bertz CT molecular complexity index is 433. The van der Waals surface area contributed by atoms with Crippen LogP contribution in [0.2, 0.25) is 0 Å². The van der Waals surface area contributed by atoms with E-state index in [2.05, 4.69) is 10.3 Å². The van der Waals surface area contributed by atoms with Gasteiger partial charge in [-0.1, -0.05) is 10.3 Å². The Morgan fingerprint density at radius 3 is 1.50 bits per heavy atom. The molecule has 1 unspecified atom stereocenters. The van der Waals surface area contributed by atoms with Gasteiger partial charge in [-0.3, -0.25) is 5.41 Å². The minimum absolute atomic E-state index is 0.00429. The van der Waals surface area contributed by atoms with Crippen LogP contribution < -0.4 is 17.2 Å². The molecule has 0 saturated carbocycles. The smallest absolute Gasteiger partial charge is 0.141 e. The molecule has 0 amide bonds. The molecule has 0 aromatic heterocycles. The SMILES string of the molecule is N=C(N)CCOCC(CO)(COCC/C(N)=N/O)COCC/C(N)=N\O. The van der Waals surface area contributed by atoms with Crippen molar-refractivity contribution in [3.63, 3.8) is 0 Å². The van der Waals surface area contributed by atoms with Gasteiger partial charge in [-0.05, 0) is 0 Å². The lowest BCUT2D eigenvalue weighted by Gasteiger charge is -2.31. The van der Waals surface area contributed by atoms with Gasteiger partial charge in [0.25, 0.3) is 0 Å². The third kappa shape index (κ3) is 11.4. The molecule has 0 spiro atoms. The molecular weight excluding hydrogens is 348 g/mol. The van der Waals surface area contributed by atoms with Gasteiger partial charge in [0.15, 0.2) is 0 Å². The minimum Gasteiger partial charge on any atom is -0.409 e.